The second-order valence-corrected chi connectivity index (χ2v) is 7.88. The minimum absolute atomic E-state index is 0.127. The molecular weight excluding hydrogens is 384 g/mol. The molecule has 2 aliphatic rings. The van der Waals surface area contributed by atoms with Crippen molar-refractivity contribution in [2.24, 2.45) is 0 Å². The predicted molar refractivity (Wildman–Crippen MR) is 111 cm³/mol. The molecule has 4 rings (SSSR count). The van der Waals surface area contributed by atoms with Crippen LogP contribution >= 0.6 is 0 Å². The van der Waals surface area contributed by atoms with E-state index in [9.17, 15) is 14.4 Å². The Kier molecular flexibility index (Phi) is 5.30. The number of morpholine rings is 1. The van der Waals surface area contributed by atoms with Crippen molar-refractivity contribution in [3.05, 3.63) is 59.7 Å². The quantitative estimate of drug-likeness (QED) is 0.727. The molecule has 2 aromatic rings. The van der Waals surface area contributed by atoms with Crippen molar-refractivity contribution in [1.29, 1.82) is 0 Å². The van der Waals surface area contributed by atoms with Crippen LogP contribution in [0.25, 0.3) is 0 Å². The number of ether oxygens (including phenoxy) is 2. The molecule has 2 aliphatic heterocycles. The van der Waals surface area contributed by atoms with Gasteiger partial charge in [0.2, 0.25) is 0 Å². The van der Waals surface area contributed by atoms with E-state index >= 15 is 0 Å². The van der Waals surface area contributed by atoms with Gasteiger partial charge in [-0.25, -0.2) is 0 Å². The van der Waals surface area contributed by atoms with Crippen molar-refractivity contribution >= 4 is 23.3 Å². The Morgan fingerprint density at radius 2 is 1.70 bits per heavy atom. The summed E-state index contributed by atoms with van der Waals surface area (Å²) in [5.74, 6) is -0.167. The summed E-state index contributed by atoms with van der Waals surface area (Å²) in [6.45, 7) is 5.27. The summed E-state index contributed by atoms with van der Waals surface area (Å²) in [6.07, 6.45) is 0. The first-order valence-electron chi connectivity index (χ1n) is 9.97. The number of Topliss-reactive ketones (excluding diaryl/α,β-unsaturated/α-hetero) is 1. The normalized spacial score (nSPS) is 17.9. The standard InChI is InChI=1S/C23H24N2O5/c1-23(2)22(28)25(15-19(26)16-6-4-3-5-7-16)18-14-17(8-9-20(18)30-23)21(27)24-10-12-29-13-11-24/h3-9,14H,10-13,15H2,1-2H3. The molecule has 0 aliphatic carbocycles. The lowest BCUT2D eigenvalue weighted by molar-refractivity contribution is -0.132. The van der Waals surface area contributed by atoms with Gasteiger partial charge in [-0.15, -0.1) is 0 Å². The van der Waals surface area contributed by atoms with Crippen LogP contribution in [0.2, 0.25) is 0 Å². The van der Waals surface area contributed by atoms with Gasteiger partial charge in [0.15, 0.2) is 11.4 Å². The van der Waals surface area contributed by atoms with Crippen LogP contribution in [0.5, 0.6) is 5.75 Å². The number of hydrogen-bond donors (Lipinski definition) is 0. The minimum Gasteiger partial charge on any atom is -0.476 e. The van der Waals surface area contributed by atoms with Crippen LogP contribution in [0.4, 0.5) is 5.69 Å². The Morgan fingerprint density at radius 1 is 1.00 bits per heavy atom. The molecule has 0 aromatic heterocycles. The van der Waals surface area contributed by atoms with Crippen molar-refractivity contribution in [2.75, 3.05) is 37.7 Å². The molecule has 7 nitrogen and oxygen atoms in total. The second-order valence-electron chi connectivity index (χ2n) is 7.88. The first kappa shape index (κ1) is 20.1. The average molecular weight is 408 g/mol. The highest BCUT2D eigenvalue weighted by Gasteiger charge is 2.42. The molecule has 0 saturated carbocycles. The van der Waals surface area contributed by atoms with E-state index in [1.165, 1.54) is 4.90 Å². The third kappa shape index (κ3) is 3.80. The smallest absolute Gasteiger partial charge is 0.271 e. The molecule has 0 bridgehead atoms. The Balaban J connectivity index is 1.67. The summed E-state index contributed by atoms with van der Waals surface area (Å²) >= 11 is 0. The van der Waals surface area contributed by atoms with Crippen molar-refractivity contribution in [1.82, 2.24) is 4.90 Å². The van der Waals surface area contributed by atoms with E-state index in [4.69, 9.17) is 9.47 Å². The highest BCUT2D eigenvalue weighted by Crippen LogP contribution is 2.38. The molecule has 1 fully saturated rings. The molecule has 0 unspecified atom stereocenters. The molecule has 156 valence electrons. The fourth-order valence-electron chi connectivity index (χ4n) is 3.67. The number of hydrogen-bond acceptors (Lipinski definition) is 5. The monoisotopic (exact) mass is 408 g/mol. The van der Waals surface area contributed by atoms with E-state index in [0.717, 1.165) is 0 Å². The molecule has 0 atom stereocenters. The predicted octanol–water partition coefficient (Wildman–Crippen LogP) is 2.55. The van der Waals surface area contributed by atoms with Gasteiger partial charge in [-0.3, -0.25) is 19.3 Å². The van der Waals surface area contributed by atoms with Crippen LogP contribution in [-0.2, 0) is 9.53 Å². The summed E-state index contributed by atoms with van der Waals surface area (Å²) in [5, 5.41) is 0. The number of fused-ring (bicyclic) bond motifs is 1. The fourth-order valence-corrected chi connectivity index (χ4v) is 3.67. The number of rotatable bonds is 4. The number of ketones is 1. The van der Waals surface area contributed by atoms with E-state index in [2.05, 4.69) is 0 Å². The van der Waals surface area contributed by atoms with Crippen LogP contribution in [-0.4, -0.2) is 60.9 Å². The number of carbonyl (C=O) groups excluding carboxylic acids is 3. The first-order chi connectivity index (χ1) is 14.4. The van der Waals surface area contributed by atoms with Crippen molar-refractivity contribution in [3.63, 3.8) is 0 Å². The lowest BCUT2D eigenvalue weighted by Crippen LogP contribution is -2.54. The van der Waals surface area contributed by atoms with Crippen molar-refractivity contribution in [2.45, 2.75) is 19.4 Å². The summed E-state index contributed by atoms with van der Waals surface area (Å²) in [6, 6.07) is 13.9. The van der Waals surface area contributed by atoms with E-state index in [-0.39, 0.29) is 24.1 Å². The maximum absolute atomic E-state index is 13.1. The minimum atomic E-state index is -1.11. The number of carbonyl (C=O) groups is 3. The summed E-state index contributed by atoms with van der Waals surface area (Å²) in [5.41, 5.74) is 0.294. The lowest BCUT2D eigenvalue weighted by atomic mass is 10.0. The van der Waals surface area contributed by atoms with Gasteiger partial charge in [-0.1, -0.05) is 30.3 Å². The average Bonchev–Trinajstić information content (AvgIpc) is 2.77. The number of benzene rings is 2. The van der Waals surface area contributed by atoms with E-state index in [0.29, 0.717) is 48.9 Å². The third-order valence-electron chi connectivity index (χ3n) is 5.32. The van der Waals surface area contributed by atoms with Gasteiger partial charge < -0.3 is 14.4 Å². The topological polar surface area (TPSA) is 76.2 Å². The highest BCUT2D eigenvalue weighted by atomic mass is 16.5. The van der Waals surface area contributed by atoms with Crippen LogP contribution < -0.4 is 9.64 Å². The summed E-state index contributed by atoms with van der Waals surface area (Å²) in [7, 11) is 0. The van der Waals surface area contributed by atoms with Crippen molar-refractivity contribution in [3.8, 4) is 5.75 Å². The molecule has 30 heavy (non-hydrogen) atoms. The van der Waals surface area contributed by atoms with Crippen LogP contribution in [0.15, 0.2) is 48.5 Å². The van der Waals surface area contributed by atoms with Crippen molar-refractivity contribution < 1.29 is 23.9 Å². The van der Waals surface area contributed by atoms with Gasteiger partial charge in [-0.2, -0.15) is 0 Å². The molecule has 0 radical (unpaired) electrons. The number of amides is 2. The molecule has 7 heteroatoms. The van der Waals surface area contributed by atoms with Gasteiger partial charge in [0.05, 0.1) is 25.4 Å². The van der Waals surface area contributed by atoms with E-state index in [1.807, 2.05) is 6.07 Å². The van der Waals surface area contributed by atoms with Gasteiger partial charge in [0.1, 0.15) is 5.75 Å². The molecule has 0 N–H and O–H groups in total. The summed E-state index contributed by atoms with van der Waals surface area (Å²) in [4.78, 5) is 42.0. The largest absolute Gasteiger partial charge is 0.476 e. The van der Waals surface area contributed by atoms with Crippen LogP contribution in [0.1, 0.15) is 34.6 Å². The molecule has 2 aromatic carbocycles. The number of nitrogens with zero attached hydrogens (tertiary/aromatic N) is 2. The van der Waals surface area contributed by atoms with E-state index in [1.54, 1.807) is 61.2 Å². The highest BCUT2D eigenvalue weighted by molar-refractivity contribution is 6.10. The lowest BCUT2D eigenvalue weighted by Gasteiger charge is -2.38. The SMILES string of the molecule is CC1(C)Oc2ccc(C(=O)N3CCOCC3)cc2N(CC(=O)c2ccccc2)C1=O. The Labute approximate surface area is 175 Å². The van der Waals surface area contributed by atoms with Gasteiger partial charge in [-0.05, 0) is 32.0 Å². The molecule has 1 saturated heterocycles. The third-order valence-corrected chi connectivity index (χ3v) is 5.32. The Morgan fingerprint density at radius 3 is 2.40 bits per heavy atom. The second kappa shape index (κ2) is 7.91. The van der Waals surface area contributed by atoms with Gasteiger partial charge in [0.25, 0.3) is 11.8 Å². The molecule has 2 heterocycles. The Hall–Kier alpha value is -3.19. The van der Waals surface area contributed by atoms with Gasteiger partial charge >= 0.3 is 0 Å². The van der Waals surface area contributed by atoms with E-state index < -0.39 is 5.60 Å². The molecular formula is C23H24N2O5. The molecule has 2 amide bonds. The zero-order valence-corrected chi connectivity index (χ0v) is 17.1. The zero-order valence-electron chi connectivity index (χ0n) is 17.1. The van der Waals surface area contributed by atoms with Crippen LogP contribution in [0, 0.1) is 0 Å². The zero-order chi connectivity index (χ0) is 21.3. The maximum Gasteiger partial charge on any atom is 0.271 e. The fraction of sp³-hybridized carbons (Fsp3) is 0.348. The van der Waals surface area contributed by atoms with Crippen LogP contribution in [0.3, 0.4) is 0 Å². The molecule has 0 spiro atoms. The summed E-state index contributed by atoms with van der Waals surface area (Å²) < 4.78 is 11.2. The first-order valence-corrected chi connectivity index (χ1v) is 9.97. The Bertz CT molecular complexity index is 980. The maximum atomic E-state index is 13.1. The number of anilines is 1. The van der Waals surface area contributed by atoms with Gasteiger partial charge in [0, 0.05) is 24.2 Å².